The van der Waals surface area contributed by atoms with Crippen LogP contribution in [0.25, 0.3) is 0 Å². The van der Waals surface area contributed by atoms with Crippen LogP contribution in [0, 0.1) is 0 Å². The summed E-state index contributed by atoms with van der Waals surface area (Å²) < 4.78 is 6.05. The lowest BCUT2D eigenvalue weighted by atomic mass is 9.87. The highest BCUT2D eigenvalue weighted by Crippen LogP contribution is 2.41. The number of hydrogen-bond acceptors (Lipinski definition) is 4. The van der Waals surface area contributed by atoms with Gasteiger partial charge in [-0.05, 0) is 25.7 Å². The highest BCUT2D eigenvalue weighted by molar-refractivity contribution is 5.74. The highest BCUT2D eigenvalue weighted by Gasteiger charge is 2.44. The van der Waals surface area contributed by atoms with Crippen molar-refractivity contribution in [2.45, 2.75) is 56.2 Å². The minimum Gasteiger partial charge on any atom is -0.480 e. The summed E-state index contributed by atoms with van der Waals surface area (Å²) in [6.45, 7) is 3.10. The third kappa shape index (κ3) is 2.64. The van der Waals surface area contributed by atoms with E-state index in [1.807, 2.05) is 0 Å². The first-order chi connectivity index (χ1) is 9.20. The van der Waals surface area contributed by atoms with E-state index in [-0.39, 0.29) is 11.6 Å². The molecule has 1 aliphatic carbocycles. The zero-order valence-corrected chi connectivity index (χ0v) is 11.4. The molecule has 5 nitrogen and oxygen atoms in total. The van der Waals surface area contributed by atoms with Gasteiger partial charge in [-0.1, -0.05) is 12.8 Å². The Morgan fingerprint density at radius 2 is 2.16 bits per heavy atom. The molecule has 5 heteroatoms. The molecule has 2 aliphatic heterocycles. The van der Waals surface area contributed by atoms with E-state index in [0.717, 1.165) is 45.4 Å². The Morgan fingerprint density at radius 3 is 2.89 bits per heavy atom. The lowest BCUT2D eigenvalue weighted by molar-refractivity contribution is -0.150. The molecule has 2 heterocycles. The summed E-state index contributed by atoms with van der Waals surface area (Å²) in [5, 5.41) is 12.6. The first-order valence-electron chi connectivity index (χ1n) is 7.53. The average molecular weight is 268 g/mol. The van der Waals surface area contributed by atoms with Gasteiger partial charge in [0.15, 0.2) is 0 Å². The number of aliphatic carboxylic acids is 1. The van der Waals surface area contributed by atoms with Gasteiger partial charge >= 0.3 is 5.97 Å². The molecule has 0 bridgehead atoms. The van der Waals surface area contributed by atoms with Gasteiger partial charge in [0.2, 0.25) is 0 Å². The van der Waals surface area contributed by atoms with E-state index < -0.39 is 5.97 Å². The number of nitrogens with zero attached hydrogens (tertiary/aromatic N) is 1. The lowest BCUT2D eigenvalue weighted by Crippen LogP contribution is -2.60. The Kier molecular flexibility index (Phi) is 3.78. The average Bonchev–Trinajstić information content (AvgIpc) is 2.86. The van der Waals surface area contributed by atoms with Crippen LogP contribution in [-0.4, -0.2) is 59.9 Å². The fourth-order valence-electron chi connectivity index (χ4n) is 4.04. The molecule has 0 aromatic rings. The number of carboxylic acid groups (broad SMARTS) is 1. The number of piperazine rings is 1. The summed E-state index contributed by atoms with van der Waals surface area (Å²) in [4.78, 5) is 13.6. The Hall–Kier alpha value is -0.650. The molecule has 0 aromatic carbocycles. The molecule has 2 unspecified atom stereocenters. The van der Waals surface area contributed by atoms with Crippen molar-refractivity contribution in [2.24, 2.45) is 0 Å². The van der Waals surface area contributed by atoms with Gasteiger partial charge in [0.05, 0.1) is 5.60 Å². The quantitative estimate of drug-likeness (QED) is 0.777. The third-order valence-corrected chi connectivity index (χ3v) is 5.02. The Morgan fingerprint density at radius 1 is 1.37 bits per heavy atom. The number of hydrogen-bond donors (Lipinski definition) is 2. The van der Waals surface area contributed by atoms with Crippen molar-refractivity contribution in [3.63, 3.8) is 0 Å². The van der Waals surface area contributed by atoms with Gasteiger partial charge in [0.1, 0.15) is 6.04 Å². The molecular weight excluding hydrogens is 244 g/mol. The van der Waals surface area contributed by atoms with Gasteiger partial charge < -0.3 is 15.2 Å². The van der Waals surface area contributed by atoms with E-state index in [1.54, 1.807) is 0 Å². The van der Waals surface area contributed by atoms with Crippen LogP contribution in [0.5, 0.6) is 0 Å². The maximum Gasteiger partial charge on any atom is 0.322 e. The predicted molar refractivity (Wildman–Crippen MR) is 71.2 cm³/mol. The fourth-order valence-corrected chi connectivity index (χ4v) is 4.04. The molecule has 0 aromatic heterocycles. The van der Waals surface area contributed by atoms with Crippen LogP contribution in [0.15, 0.2) is 0 Å². The van der Waals surface area contributed by atoms with Gasteiger partial charge in [0, 0.05) is 32.3 Å². The van der Waals surface area contributed by atoms with Crippen molar-refractivity contribution < 1.29 is 14.6 Å². The number of ether oxygens (including phenoxy) is 1. The number of nitrogens with one attached hydrogen (secondary N) is 1. The van der Waals surface area contributed by atoms with Crippen molar-refractivity contribution in [2.75, 3.05) is 26.2 Å². The van der Waals surface area contributed by atoms with Gasteiger partial charge in [-0.2, -0.15) is 0 Å². The molecule has 1 saturated carbocycles. The zero-order valence-electron chi connectivity index (χ0n) is 11.4. The van der Waals surface area contributed by atoms with Gasteiger partial charge in [-0.3, -0.25) is 9.69 Å². The monoisotopic (exact) mass is 268 g/mol. The molecule has 1 spiro atoms. The van der Waals surface area contributed by atoms with E-state index in [4.69, 9.17) is 4.74 Å². The third-order valence-electron chi connectivity index (χ3n) is 5.02. The first-order valence-corrected chi connectivity index (χ1v) is 7.53. The normalized spacial score (nSPS) is 35.6. The molecule has 0 amide bonds. The standard InChI is InChI=1S/C14H24N2O3/c17-13(18)12-10-15-6-7-16(12)11-3-8-19-14(9-11)4-1-2-5-14/h11-12,15H,1-10H2,(H,17,18). The Bertz CT molecular complexity index is 342. The molecule has 3 rings (SSSR count). The van der Waals surface area contributed by atoms with E-state index in [0.29, 0.717) is 12.6 Å². The van der Waals surface area contributed by atoms with E-state index in [9.17, 15) is 9.90 Å². The minimum atomic E-state index is -0.695. The summed E-state index contributed by atoms with van der Waals surface area (Å²) in [6.07, 6.45) is 6.84. The van der Waals surface area contributed by atoms with E-state index in [1.165, 1.54) is 12.8 Å². The lowest BCUT2D eigenvalue weighted by Gasteiger charge is -2.46. The molecule has 19 heavy (non-hydrogen) atoms. The van der Waals surface area contributed by atoms with Crippen LogP contribution >= 0.6 is 0 Å². The molecule has 2 N–H and O–H groups in total. The molecule has 2 saturated heterocycles. The van der Waals surface area contributed by atoms with Crippen LogP contribution in [0.1, 0.15) is 38.5 Å². The SMILES string of the molecule is O=C(O)C1CNCCN1C1CCOC2(CCCC2)C1. The van der Waals surface area contributed by atoms with Crippen molar-refractivity contribution in [1.82, 2.24) is 10.2 Å². The summed E-state index contributed by atoms with van der Waals surface area (Å²) in [5.74, 6) is -0.695. The first kappa shape index (κ1) is 13.3. The maximum absolute atomic E-state index is 11.4. The second-order valence-corrected chi connectivity index (χ2v) is 6.18. The second-order valence-electron chi connectivity index (χ2n) is 6.18. The molecule has 2 atom stereocenters. The van der Waals surface area contributed by atoms with Crippen molar-refractivity contribution in [3.8, 4) is 0 Å². The van der Waals surface area contributed by atoms with E-state index in [2.05, 4.69) is 10.2 Å². The summed E-state index contributed by atoms with van der Waals surface area (Å²) >= 11 is 0. The van der Waals surface area contributed by atoms with Crippen molar-refractivity contribution in [3.05, 3.63) is 0 Å². The van der Waals surface area contributed by atoms with Crippen LogP contribution in [0.3, 0.4) is 0 Å². The van der Waals surface area contributed by atoms with Crippen LogP contribution in [0.2, 0.25) is 0 Å². The topological polar surface area (TPSA) is 61.8 Å². The van der Waals surface area contributed by atoms with E-state index >= 15 is 0 Å². The van der Waals surface area contributed by atoms with Crippen LogP contribution < -0.4 is 5.32 Å². The number of rotatable bonds is 2. The minimum absolute atomic E-state index is 0.0663. The van der Waals surface area contributed by atoms with Gasteiger partial charge in [-0.25, -0.2) is 0 Å². The van der Waals surface area contributed by atoms with Crippen molar-refractivity contribution in [1.29, 1.82) is 0 Å². The van der Waals surface area contributed by atoms with Gasteiger partial charge in [-0.15, -0.1) is 0 Å². The molecule has 0 radical (unpaired) electrons. The van der Waals surface area contributed by atoms with Crippen molar-refractivity contribution >= 4 is 5.97 Å². The maximum atomic E-state index is 11.4. The second kappa shape index (κ2) is 5.38. The predicted octanol–water partition coefficient (Wildman–Crippen LogP) is 0.837. The number of carbonyl (C=O) groups is 1. The van der Waals surface area contributed by atoms with Gasteiger partial charge in [0.25, 0.3) is 0 Å². The summed E-state index contributed by atoms with van der Waals surface area (Å²) in [7, 11) is 0. The summed E-state index contributed by atoms with van der Waals surface area (Å²) in [5.41, 5.74) is 0.0663. The fraction of sp³-hybridized carbons (Fsp3) is 0.929. The molecular formula is C14H24N2O3. The molecule has 3 fully saturated rings. The summed E-state index contributed by atoms with van der Waals surface area (Å²) in [6, 6.07) is 0.0188. The number of carboxylic acids is 1. The Labute approximate surface area is 114 Å². The Balaban J connectivity index is 1.71. The zero-order chi connectivity index (χ0) is 13.3. The molecule has 3 aliphatic rings. The highest BCUT2D eigenvalue weighted by atomic mass is 16.5. The van der Waals surface area contributed by atoms with Crippen LogP contribution in [-0.2, 0) is 9.53 Å². The smallest absolute Gasteiger partial charge is 0.322 e. The van der Waals surface area contributed by atoms with Crippen LogP contribution in [0.4, 0.5) is 0 Å². The largest absolute Gasteiger partial charge is 0.480 e. The molecule has 108 valence electrons.